The molecule has 114 valence electrons. The van der Waals surface area contributed by atoms with E-state index >= 15 is 0 Å². The van der Waals surface area contributed by atoms with E-state index in [4.69, 9.17) is 0 Å². The molecule has 0 saturated heterocycles. The van der Waals surface area contributed by atoms with Gasteiger partial charge in [0.15, 0.2) is 0 Å². The number of rotatable bonds is 7. The van der Waals surface area contributed by atoms with E-state index < -0.39 is 15.8 Å². The molecule has 0 radical (unpaired) electrons. The lowest BCUT2D eigenvalue weighted by Gasteiger charge is -2.19. The summed E-state index contributed by atoms with van der Waals surface area (Å²) in [5.41, 5.74) is 0.586. The predicted octanol–water partition coefficient (Wildman–Crippen LogP) is 2.35. The number of nitrogens with one attached hydrogen (secondary N) is 1. The number of hydrogen-bond acceptors (Lipinski definition) is 3. The van der Waals surface area contributed by atoms with Gasteiger partial charge in [-0.2, -0.15) is 0 Å². The minimum atomic E-state index is -3.65. The van der Waals surface area contributed by atoms with Crippen LogP contribution in [0.25, 0.3) is 0 Å². The second kappa shape index (κ2) is 7.15. The number of hydrogen-bond donors (Lipinski definition) is 1. The van der Waals surface area contributed by atoms with Gasteiger partial charge in [0.2, 0.25) is 10.0 Å². The molecular weight excluding hydrogens is 279 g/mol. The molecule has 4 nitrogen and oxygen atoms in total. The summed E-state index contributed by atoms with van der Waals surface area (Å²) < 4.78 is 39.6. The van der Waals surface area contributed by atoms with Crippen molar-refractivity contribution in [2.24, 2.45) is 0 Å². The van der Waals surface area contributed by atoms with E-state index in [-0.39, 0.29) is 10.9 Å². The Kier molecular flexibility index (Phi) is 6.10. The third kappa shape index (κ3) is 4.26. The zero-order chi connectivity index (χ0) is 15.3. The molecule has 0 bridgehead atoms. The van der Waals surface area contributed by atoms with Crippen LogP contribution in [0.5, 0.6) is 0 Å². The lowest BCUT2D eigenvalue weighted by atomic mass is 10.2. The molecule has 1 aromatic rings. The highest BCUT2D eigenvalue weighted by Crippen LogP contribution is 2.21. The Morgan fingerprint density at radius 1 is 1.35 bits per heavy atom. The van der Waals surface area contributed by atoms with Crippen LogP contribution in [0.3, 0.4) is 0 Å². The molecule has 0 amide bonds. The van der Waals surface area contributed by atoms with Crippen molar-refractivity contribution in [3.63, 3.8) is 0 Å². The normalized spacial score (nSPS) is 12.3. The largest absolute Gasteiger partial charge is 0.310 e. The van der Waals surface area contributed by atoms with Gasteiger partial charge in [0.25, 0.3) is 0 Å². The van der Waals surface area contributed by atoms with Crippen LogP contribution in [0.1, 0.15) is 32.8 Å². The lowest BCUT2D eigenvalue weighted by Crippen LogP contribution is -2.30. The summed E-state index contributed by atoms with van der Waals surface area (Å²) >= 11 is 0. The summed E-state index contributed by atoms with van der Waals surface area (Å²) in [6.07, 6.45) is 0.713. The van der Waals surface area contributed by atoms with E-state index in [1.807, 2.05) is 20.8 Å². The molecule has 0 spiro atoms. The van der Waals surface area contributed by atoms with Gasteiger partial charge in [-0.1, -0.05) is 26.8 Å². The molecule has 0 atom stereocenters. The molecule has 1 rings (SSSR count). The first kappa shape index (κ1) is 17.1. The first-order chi connectivity index (χ1) is 9.28. The zero-order valence-electron chi connectivity index (χ0n) is 12.5. The van der Waals surface area contributed by atoms with E-state index in [9.17, 15) is 12.8 Å². The van der Waals surface area contributed by atoms with Crippen LogP contribution >= 0.6 is 0 Å². The molecule has 6 heteroatoms. The van der Waals surface area contributed by atoms with Crippen molar-refractivity contribution in [1.82, 2.24) is 9.62 Å². The molecule has 0 saturated carbocycles. The number of sulfonamides is 1. The Labute approximate surface area is 121 Å². The van der Waals surface area contributed by atoms with Gasteiger partial charge in [0, 0.05) is 26.2 Å². The molecule has 0 heterocycles. The lowest BCUT2D eigenvalue weighted by molar-refractivity contribution is 0.465. The highest BCUT2D eigenvalue weighted by atomic mass is 32.2. The van der Waals surface area contributed by atoms with Gasteiger partial charge < -0.3 is 5.32 Å². The summed E-state index contributed by atoms with van der Waals surface area (Å²) in [5, 5.41) is 3.16. The van der Waals surface area contributed by atoms with Gasteiger partial charge in [0.05, 0.1) is 4.90 Å². The third-order valence-corrected chi connectivity index (χ3v) is 4.90. The fourth-order valence-electron chi connectivity index (χ4n) is 1.83. The quantitative estimate of drug-likeness (QED) is 0.841. The maximum atomic E-state index is 13.4. The number of benzene rings is 1. The summed E-state index contributed by atoms with van der Waals surface area (Å²) in [6, 6.07) is 4.14. The van der Waals surface area contributed by atoms with Crippen molar-refractivity contribution in [1.29, 1.82) is 0 Å². The Morgan fingerprint density at radius 2 is 2.00 bits per heavy atom. The van der Waals surface area contributed by atoms with Gasteiger partial charge in [-0.25, -0.2) is 17.1 Å². The van der Waals surface area contributed by atoms with Gasteiger partial charge >= 0.3 is 0 Å². The van der Waals surface area contributed by atoms with E-state index in [0.717, 1.165) is 6.07 Å². The molecule has 0 aromatic heterocycles. The molecular formula is C14H23FN2O2S. The fraction of sp³-hybridized carbons (Fsp3) is 0.571. The molecule has 0 aliphatic rings. The molecule has 0 fully saturated rings. The average Bonchev–Trinajstić information content (AvgIpc) is 2.37. The van der Waals surface area contributed by atoms with Crippen LogP contribution in [0.4, 0.5) is 4.39 Å². The smallest absolute Gasteiger partial charge is 0.243 e. The SMILES string of the molecule is CCCN(C)S(=O)(=O)c1cc(F)ccc1CNC(C)C. The van der Waals surface area contributed by atoms with E-state index in [1.165, 1.54) is 23.5 Å². The summed E-state index contributed by atoms with van der Waals surface area (Å²) in [6.45, 7) is 6.66. The van der Waals surface area contributed by atoms with Crippen LogP contribution in [0.15, 0.2) is 23.1 Å². The van der Waals surface area contributed by atoms with Crippen molar-refractivity contribution in [3.05, 3.63) is 29.6 Å². The van der Waals surface area contributed by atoms with E-state index in [0.29, 0.717) is 25.1 Å². The highest BCUT2D eigenvalue weighted by molar-refractivity contribution is 7.89. The van der Waals surface area contributed by atoms with Crippen molar-refractivity contribution in [3.8, 4) is 0 Å². The van der Waals surface area contributed by atoms with Gasteiger partial charge in [-0.15, -0.1) is 0 Å². The summed E-state index contributed by atoms with van der Waals surface area (Å²) in [4.78, 5) is 0.0431. The fourth-order valence-corrected chi connectivity index (χ4v) is 3.32. The van der Waals surface area contributed by atoms with Crippen LogP contribution in [-0.4, -0.2) is 32.4 Å². The first-order valence-corrected chi connectivity index (χ1v) is 8.21. The topological polar surface area (TPSA) is 49.4 Å². The standard InChI is InChI=1S/C14H23FN2O2S/c1-5-8-17(4)20(18,19)14-9-13(15)7-6-12(14)10-16-11(2)3/h6-7,9,11,16H,5,8,10H2,1-4H3. The molecule has 1 N–H and O–H groups in total. The number of halogens is 1. The highest BCUT2D eigenvalue weighted by Gasteiger charge is 2.23. The Hall–Kier alpha value is -0.980. The van der Waals surface area contributed by atoms with Crippen molar-refractivity contribution < 1.29 is 12.8 Å². The van der Waals surface area contributed by atoms with Crippen LogP contribution in [0.2, 0.25) is 0 Å². The molecule has 1 aromatic carbocycles. The molecule has 0 aliphatic heterocycles. The second-order valence-corrected chi connectivity index (χ2v) is 7.13. The third-order valence-electron chi connectivity index (χ3n) is 2.96. The van der Waals surface area contributed by atoms with Crippen molar-refractivity contribution >= 4 is 10.0 Å². The predicted molar refractivity (Wildman–Crippen MR) is 78.5 cm³/mol. The van der Waals surface area contributed by atoms with Crippen LogP contribution in [-0.2, 0) is 16.6 Å². The Balaban J connectivity index is 3.17. The summed E-state index contributed by atoms with van der Waals surface area (Å²) in [5.74, 6) is -0.540. The van der Waals surface area contributed by atoms with E-state index in [1.54, 1.807) is 0 Å². The second-order valence-electron chi connectivity index (χ2n) is 5.11. The minimum absolute atomic E-state index is 0.0431. The Bertz CT molecular complexity index is 544. The Morgan fingerprint density at radius 3 is 2.55 bits per heavy atom. The van der Waals surface area contributed by atoms with E-state index in [2.05, 4.69) is 5.32 Å². The maximum absolute atomic E-state index is 13.4. The minimum Gasteiger partial charge on any atom is -0.310 e. The zero-order valence-corrected chi connectivity index (χ0v) is 13.3. The maximum Gasteiger partial charge on any atom is 0.243 e. The van der Waals surface area contributed by atoms with Crippen molar-refractivity contribution in [2.45, 2.75) is 44.7 Å². The monoisotopic (exact) mass is 302 g/mol. The van der Waals surface area contributed by atoms with Gasteiger partial charge in [-0.05, 0) is 24.1 Å². The van der Waals surface area contributed by atoms with Crippen molar-refractivity contribution in [2.75, 3.05) is 13.6 Å². The van der Waals surface area contributed by atoms with Crippen LogP contribution < -0.4 is 5.32 Å². The number of nitrogens with zero attached hydrogens (tertiary/aromatic N) is 1. The van der Waals surface area contributed by atoms with Gasteiger partial charge in [-0.3, -0.25) is 0 Å². The molecule has 0 aliphatic carbocycles. The molecule has 20 heavy (non-hydrogen) atoms. The average molecular weight is 302 g/mol. The van der Waals surface area contributed by atoms with Gasteiger partial charge in [0.1, 0.15) is 5.82 Å². The molecule has 0 unspecified atom stereocenters. The van der Waals surface area contributed by atoms with Crippen LogP contribution in [0, 0.1) is 5.82 Å². The summed E-state index contributed by atoms with van der Waals surface area (Å²) in [7, 11) is -2.13. The first-order valence-electron chi connectivity index (χ1n) is 6.77.